The van der Waals surface area contributed by atoms with E-state index in [9.17, 15) is 21.6 Å². The Hall–Kier alpha value is -2.43. The van der Waals surface area contributed by atoms with Gasteiger partial charge in [-0.15, -0.1) is 11.3 Å². The van der Waals surface area contributed by atoms with Crippen molar-refractivity contribution in [3.63, 3.8) is 0 Å². The molecule has 0 radical (unpaired) electrons. The van der Waals surface area contributed by atoms with Crippen LogP contribution in [0, 0.1) is 0 Å². The second-order valence-electron chi connectivity index (χ2n) is 7.16. The molecule has 0 bridgehead atoms. The summed E-state index contributed by atoms with van der Waals surface area (Å²) in [5.41, 5.74) is -2.50. The molecule has 4 aromatic rings. The summed E-state index contributed by atoms with van der Waals surface area (Å²) in [6.45, 7) is 2.95. The highest BCUT2D eigenvalue weighted by Crippen LogP contribution is 2.36. The lowest BCUT2D eigenvalue weighted by Gasteiger charge is -2.09. The first-order chi connectivity index (χ1) is 15.1. The minimum atomic E-state index is -5.31. The molecular formula is C21H17ClF3N3O2S2. The number of thiazole rings is 1. The maximum Gasteiger partial charge on any atom is 0.497 e. The van der Waals surface area contributed by atoms with E-state index >= 15 is 0 Å². The predicted molar refractivity (Wildman–Crippen MR) is 120 cm³/mol. The fraction of sp³-hybridized carbons (Fsp3) is 0.238. The van der Waals surface area contributed by atoms with E-state index in [1.165, 1.54) is 29.5 Å². The number of halogens is 4. The fourth-order valence-corrected chi connectivity index (χ4v) is 5.32. The summed E-state index contributed by atoms with van der Waals surface area (Å²) in [7, 11) is -5.28. The van der Waals surface area contributed by atoms with Crippen LogP contribution in [-0.2, 0) is 22.1 Å². The number of pyridine rings is 1. The van der Waals surface area contributed by atoms with E-state index in [4.69, 9.17) is 11.6 Å². The molecule has 0 aliphatic rings. The van der Waals surface area contributed by atoms with Gasteiger partial charge in [0.15, 0.2) is 0 Å². The molecule has 3 aromatic heterocycles. The first-order valence-corrected chi connectivity index (χ1v) is 12.5. The maximum atomic E-state index is 12.6. The van der Waals surface area contributed by atoms with Gasteiger partial charge < -0.3 is 4.57 Å². The molecule has 168 valence electrons. The summed E-state index contributed by atoms with van der Waals surface area (Å²) in [4.78, 5) is 9.13. The number of hydrogen-bond acceptors (Lipinski definition) is 5. The number of aromatic nitrogens is 3. The molecule has 0 amide bonds. The molecule has 0 spiro atoms. The topological polar surface area (TPSA) is 64.8 Å². The average Bonchev–Trinajstić information content (AvgIpc) is 3.35. The van der Waals surface area contributed by atoms with Crippen LogP contribution in [0.1, 0.15) is 18.9 Å². The molecule has 11 heteroatoms. The van der Waals surface area contributed by atoms with Crippen LogP contribution >= 0.6 is 22.9 Å². The van der Waals surface area contributed by atoms with Gasteiger partial charge in [0.1, 0.15) is 10.7 Å². The summed E-state index contributed by atoms with van der Waals surface area (Å²) < 4.78 is 62.8. The molecule has 32 heavy (non-hydrogen) atoms. The highest BCUT2D eigenvalue weighted by molar-refractivity contribution is 7.91. The second kappa shape index (κ2) is 8.49. The zero-order chi connectivity index (χ0) is 23.1. The largest absolute Gasteiger partial charge is 0.497 e. The van der Waals surface area contributed by atoms with Gasteiger partial charge in [-0.1, -0.05) is 30.7 Å². The van der Waals surface area contributed by atoms with Gasteiger partial charge in [0.05, 0.1) is 16.5 Å². The van der Waals surface area contributed by atoms with E-state index in [1.807, 2.05) is 18.3 Å². The van der Waals surface area contributed by atoms with Crippen molar-refractivity contribution in [2.45, 2.75) is 31.2 Å². The Morgan fingerprint density at radius 1 is 1.16 bits per heavy atom. The Morgan fingerprint density at radius 3 is 2.62 bits per heavy atom. The summed E-state index contributed by atoms with van der Waals surface area (Å²) in [5.74, 6) is -1.16. The fourth-order valence-electron chi connectivity index (χ4n) is 3.38. The van der Waals surface area contributed by atoms with Gasteiger partial charge in [-0.3, -0.25) is 0 Å². The van der Waals surface area contributed by atoms with Crippen LogP contribution in [0.25, 0.3) is 32.9 Å². The third kappa shape index (κ3) is 4.26. The lowest BCUT2D eigenvalue weighted by atomic mass is 10.1. The molecule has 0 atom stereocenters. The van der Waals surface area contributed by atoms with Gasteiger partial charge in [-0.2, -0.15) is 13.2 Å². The number of alkyl halides is 3. The van der Waals surface area contributed by atoms with Gasteiger partial charge in [0, 0.05) is 40.8 Å². The highest BCUT2D eigenvalue weighted by atomic mass is 35.5. The van der Waals surface area contributed by atoms with Crippen molar-refractivity contribution in [3.8, 4) is 21.8 Å². The van der Waals surface area contributed by atoms with Crippen LogP contribution in [0.2, 0.25) is 5.02 Å². The predicted octanol–water partition coefficient (Wildman–Crippen LogP) is 6.32. The molecular weight excluding hydrogens is 483 g/mol. The number of aryl methyl sites for hydroxylation is 1. The number of rotatable bonds is 6. The Kier molecular flexibility index (Phi) is 6.04. The third-order valence-corrected chi connectivity index (χ3v) is 7.49. The van der Waals surface area contributed by atoms with Crippen molar-refractivity contribution < 1.29 is 21.6 Å². The number of fused-ring (bicyclic) bond motifs is 1. The van der Waals surface area contributed by atoms with Crippen molar-refractivity contribution in [2.24, 2.45) is 0 Å². The normalized spacial score (nSPS) is 12.5. The summed E-state index contributed by atoms with van der Waals surface area (Å²) >= 11 is 7.68. The standard InChI is InChI=1S/C21H17ClF3N3O2S2/c1-2-8-28-9-6-14-15(5-7-26-19(14)28)20-27-18(11-31-20)16-4-3-13(10-17(16)22)12-32(29,30)21(23,24)25/h3-7,9-11H,2,8,12H2,1H3. The smallest absolute Gasteiger partial charge is 0.333 e. The van der Waals surface area contributed by atoms with Crippen molar-refractivity contribution >= 4 is 43.8 Å². The lowest BCUT2D eigenvalue weighted by molar-refractivity contribution is -0.0437. The van der Waals surface area contributed by atoms with Crippen LogP contribution in [0.15, 0.2) is 48.1 Å². The average molecular weight is 500 g/mol. The Balaban J connectivity index is 1.66. The molecule has 0 fully saturated rings. The number of nitrogens with zero attached hydrogens (tertiary/aromatic N) is 3. The quantitative estimate of drug-likeness (QED) is 0.311. The van der Waals surface area contributed by atoms with Crippen LogP contribution < -0.4 is 0 Å². The van der Waals surface area contributed by atoms with Crippen LogP contribution in [0.4, 0.5) is 13.2 Å². The van der Waals surface area contributed by atoms with Crippen LogP contribution in [-0.4, -0.2) is 28.5 Å². The second-order valence-corrected chi connectivity index (χ2v) is 10.4. The maximum absolute atomic E-state index is 12.6. The van der Waals surface area contributed by atoms with Gasteiger partial charge in [0.25, 0.3) is 9.84 Å². The van der Waals surface area contributed by atoms with Crippen molar-refractivity contribution in [3.05, 3.63) is 58.7 Å². The summed E-state index contributed by atoms with van der Waals surface area (Å²) in [6, 6.07) is 7.92. The molecule has 0 N–H and O–H groups in total. The number of hydrogen-bond donors (Lipinski definition) is 0. The molecule has 0 unspecified atom stereocenters. The molecule has 0 saturated carbocycles. The molecule has 5 nitrogen and oxygen atoms in total. The molecule has 0 aliphatic heterocycles. The number of sulfone groups is 1. The van der Waals surface area contributed by atoms with E-state index < -0.39 is 21.1 Å². The molecule has 1 aromatic carbocycles. The van der Waals surface area contributed by atoms with Crippen molar-refractivity contribution in [1.29, 1.82) is 0 Å². The molecule has 0 saturated heterocycles. The zero-order valence-corrected chi connectivity index (χ0v) is 19.1. The Bertz CT molecular complexity index is 1400. The monoisotopic (exact) mass is 499 g/mol. The zero-order valence-electron chi connectivity index (χ0n) is 16.7. The minimum absolute atomic E-state index is 0.0420. The SMILES string of the molecule is CCCn1ccc2c(-c3nc(-c4ccc(CS(=O)(=O)C(F)(F)F)cc4Cl)cs3)ccnc21. The first kappa shape index (κ1) is 22.8. The van der Waals surface area contributed by atoms with Gasteiger partial charge in [-0.05, 0) is 30.2 Å². The summed E-state index contributed by atoms with van der Waals surface area (Å²) in [5, 5.41) is 3.66. The minimum Gasteiger partial charge on any atom is -0.333 e. The van der Waals surface area contributed by atoms with Crippen molar-refractivity contribution in [2.75, 3.05) is 0 Å². The van der Waals surface area contributed by atoms with Gasteiger partial charge in [-0.25, -0.2) is 18.4 Å². The van der Waals surface area contributed by atoms with E-state index in [2.05, 4.69) is 21.5 Å². The highest BCUT2D eigenvalue weighted by Gasteiger charge is 2.45. The van der Waals surface area contributed by atoms with E-state index in [0.717, 1.165) is 34.6 Å². The molecule has 3 heterocycles. The van der Waals surface area contributed by atoms with Crippen LogP contribution in [0.5, 0.6) is 0 Å². The van der Waals surface area contributed by atoms with Gasteiger partial charge in [0.2, 0.25) is 0 Å². The van der Waals surface area contributed by atoms with Gasteiger partial charge >= 0.3 is 5.51 Å². The third-order valence-electron chi connectivity index (χ3n) is 4.88. The molecule has 4 rings (SSSR count). The number of benzene rings is 1. The summed E-state index contributed by atoms with van der Waals surface area (Å²) in [6.07, 6.45) is 4.70. The van der Waals surface area contributed by atoms with Crippen LogP contribution in [0.3, 0.4) is 0 Å². The van der Waals surface area contributed by atoms with Crippen molar-refractivity contribution in [1.82, 2.24) is 14.5 Å². The lowest BCUT2D eigenvalue weighted by Crippen LogP contribution is -2.24. The van der Waals surface area contributed by atoms with E-state index in [0.29, 0.717) is 11.3 Å². The Labute approximate surface area is 191 Å². The van der Waals surface area contributed by atoms with E-state index in [1.54, 1.807) is 11.6 Å². The van der Waals surface area contributed by atoms with E-state index in [-0.39, 0.29) is 10.6 Å². The Morgan fingerprint density at radius 2 is 1.94 bits per heavy atom. The molecule has 0 aliphatic carbocycles. The first-order valence-electron chi connectivity index (χ1n) is 9.58.